The molecule has 2 aliphatic heterocycles. The summed E-state index contributed by atoms with van der Waals surface area (Å²) in [5.41, 5.74) is 1.76. The molecule has 2 fully saturated rings. The molecule has 2 heterocycles. The highest BCUT2D eigenvalue weighted by molar-refractivity contribution is 5.85. The molecule has 2 saturated heterocycles. The molecule has 5 heteroatoms. The van der Waals surface area contributed by atoms with E-state index in [0.29, 0.717) is 17.5 Å². The highest BCUT2D eigenvalue weighted by Gasteiger charge is 2.58. The van der Waals surface area contributed by atoms with Gasteiger partial charge in [-0.1, -0.05) is 13.0 Å². The molecule has 0 N–H and O–H groups in total. The second-order valence-corrected chi connectivity index (χ2v) is 6.61. The quantitative estimate of drug-likeness (QED) is 0.695. The van der Waals surface area contributed by atoms with Crippen LogP contribution in [0, 0.1) is 11.3 Å². The number of likely N-dealkylation sites (tertiary alicyclic amines) is 2. The van der Waals surface area contributed by atoms with Crippen LogP contribution in [0.1, 0.15) is 33.1 Å². The van der Waals surface area contributed by atoms with Gasteiger partial charge in [-0.2, -0.15) is 0 Å². The number of hydrogen-bond donors (Lipinski definition) is 0. The average Bonchev–Trinajstić information content (AvgIpc) is 2.75. The van der Waals surface area contributed by atoms with E-state index in [1.165, 1.54) is 19.0 Å². The molecule has 0 spiro atoms. The van der Waals surface area contributed by atoms with E-state index in [1.807, 2.05) is 0 Å². The molecular weight excluding hydrogens is 276 g/mol. The molecule has 4 atom stereocenters. The number of fused-ring (bicyclic) bond motifs is 3. The molecule has 0 amide bonds. The zero-order chi connectivity index (χ0) is 13.8. The van der Waals surface area contributed by atoms with Gasteiger partial charge in [-0.15, -0.1) is 12.4 Å². The number of carbonyl (C=O) groups excluding carboxylic acids is 1. The Morgan fingerprint density at radius 2 is 2.15 bits per heavy atom. The Labute approximate surface area is 127 Å². The third-order valence-corrected chi connectivity index (χ3v) is 5.36. The van der Waals surface area contributed by atoms with Gasteiger partial charge in [0, 0.05) is 44.0 Å². The zero-order valence-electron chi connectivity index (χ0n) is 12.8. The number of rotatable bonds is 1. The number of hydrogen-bond acceptors (Lipinski definition) is 4. The number of allylic oxidation sites excluding steroid dienone is 1. The first kappa shape index (κ1) is 15.6. The molecule has 0 aromatic rings. The summed E-state index contributed by atoms with van der Waals surface area (Å²) >= 11 is 0. The number of carbonyl (C=O) groups is 1. The van der Waals surface area contributed by atoms with E-state index in [9.17, 15) is 4.79 Å². The van der Waals surface area contributed by atoms with Crippen molar-refractivity contribution in [1.82, 2.24) is 9.80 Å². The van der Waals surface area contributed by atoms with E-state index in [-0.39, 0.29) is 24.5 Å². The van der Waals surface area contributed by atoms with Gasteiger partial charge in [0.15, 0.2) is 0 Å². The summed E-state index contributed by atoms with van der Waals surface area (Å²) in [5, 5.41) is 0. The van der Waals surface area contributed by atoms with Gasteiger partial charge in [0.25, 0.3) is 0 Å². The minimum absolute atomic E-state index is 0. The fourth-order valence-electron chi connectivity index (χ4n) is 4.61. The first-order chi connectivity index (χ1) is 8.93. The predicted octanol–water partition coefficient (Wildman–Crippen LogP) is 2.25. The molecule has 4 nitrogen and oxygen atoms in total. The van der Waals surface area contributed by atoms with Gasteiger partial charge in [0.2, 0.25) is 0 Å². The third kappa shape index (κ3) is 2.13. The molecule has 4 unspecified atom stereocenters. The van der Waals surface area contributed by atoms with E-state index >= 15 is 0 Å². The van der Waals surface area contributed by atoms with Crippen LogP contribution in [-0.2, 0) is 9.53 Å². The maximum Gasteiger partial charge on any atom is 0.302 e. The molecule has 0 saturated carbocycles. The maximum atomic E-state index is 11.2. The van der Waals surface area contributed by atoms with Crippen LogP contribution in [0.15, 0.2) is 11.8 Å². The molecule has 0 bridgehead atoms. The molecular formula is C15H25ClN2O2. The Hall–Kier alpha value is -0.740. The summed E-state index contributed by atoms with van der Waals surface area (Å²) in [5.74, 6) is 0.379. The van der Waals surface area contributed by atoms with E-state index in [4.69, 9.17) is 4.74 Å². The van der Waals surface area contributed by atoms with Gasteiger partial charge in [-0.05, 0) is 19.9 Å². The lowest BCUT2D eigenvalue weighted by Crippen LogP contribution is -2.42. The summed E-state index contributed by atoms with van der Waals surface area (Å²) in [4.78, 5) is 16.1. The maximum absolute atomic E-state index is 11.2. The van der Waals surface area contributed by atoms with Gasteiger partial charge in [0.05, 0.1) is 6.17 Å². The van der Waals surface area contributed by atoms with Crippen LogP contribution in [0.3, 0.4) is 0 Å². The van der Waals surface area contributed by atoms with Gasteiger partial charge in [-0.3, -0.25) is 9.69 Å². The summed E-state index contributed by atoms with van der Waals surface area (Å²) in [7, 11) is 4.43. The van der Waals surface area contributed by atoms with Gasteiger partial charge in [0.1, 0.15) is 6.10 Å². The Morgan fingerprint density at radius 1 is 1.45 bits per heavy atom. The normalized spacial score (nSPS) is 39.7. The molecule has 3 aliphatic rings. The summed E-state index contributed by atoms with van der Waals surface area (Å²) < 4.78 is 5.44. The Balaban J connectivity index is 0.00000147. The van der Waals surface area contributed by atoms with Crippen molar-refractivity contribution in [2.24, 2.45) is 11.3 Å². The molecule has 20 heavy (non-hydrogen) atoms. The molecule has 0 aromatic carbocycles. The van der Waals surface area contributed by atoms with Gasteiger partial charge in [-0.25, -0.2) is 0 Å². The van der Waals surface area contributed by atoms with Crippen molar-refractivity contribution in [1.29, 1.82) is 0 Å². The van der Waals surface area contributed by atoms with Gasteiger partial charge >= 0.3 is 5.97 Å². The first-order valence-electron chi connectivity index (χ1n) is 7.24. The Kier molecular flexibility index (Phi) is 4.09. The monoisotopic (exact) mass is 300 g/mol. The summed E-state index contributed by atoms with van der Waals surface area (Å²) in [6.07, 6.45) is 5.94. The van der Waals surface area contributed by atoms with Crippen LogP contribution in [0.4, 0.5) is 0 Å². The van der Waals surface area contributed by atoms with Crippen molar-refractivity contribution in [2.75, 3.05) is 20.6 Å². The highest BCUT2D eigenvalue weighted by Crippen LogP contribution is 2.56. The molecule has 0 aromatic heterocycles. The minimum Gasteiger partial charge on any atom is -0.462 e. The van der Waals surface area contributed by atoms with Crippen molar-refractivity contribution < 1.29 is 9.53 Å². The molecule has 3 rings (SSSR count). The number of halogens is 1. The van der Waals surface area contributed by atoms with Crippen LogP contribution < -0.4 is 0 Å². The van der Waals surface area contributed by atoms with E-state index in [0.717, 1.165) is 19.4 Å². The van der Waals surface area contributed by atoms with E-state index in [2.05, 4.69) is 36.9 Å². The number of nitrogens with zero attached hydrogens (tertiary/aromatic N) is 2. The van der Waals surface area contributed by atoms with Crippen molar-refractivity contribution in [2.45, 2.75) is 45.4 Å². The second kappa shape index (κ2) is 5.23. The van der Waals surface area contributed by atoms with E-state index < -0.39 is 0 Å². The summed E-state index contributed by atoms with van der Waals surface area (Å²) in [6.45, 7) is 5.07. The minimum atomic E-state index is -0.154. The van der Waals surface area contributed by atoms with Crippen molar-refractivity contribution in [3.05, 3.63) is 11.8 Å². The van der Waals surface area contributed by atoms with Crippen LogP contribution in [0.5, 0.6) is 0 Å². The molecule has 114 valence electrons. The van der Waals surface area contributed by atoms with Crippen LogP contribution in [0.25, 0.3) is 0 Å². The molecule has 0 radical (unpaired) electrons. The van der Waals surface area contributed by atoms with Crippen molar-refractivity contribution in [3.8, 4) is 0 Å². The summed E-state index contributed by atoms with van der Waals surface area (Å²) in [6, 6.07) is 0. The second-order valence-electron chi connectivity index (χ2n) is 6.61. The van der Waals surface area contributed by atoms with Crippen molar-refractivity contribution >= 4 is 18.4 Å². The average molecular weight is 301 g/mol. The third-order valence-electron chi connectivity index (χ3n) is 5.36. The van der Waals surface area contributed by atoms with Crippen LogP contribution >= 0.6 is 12.4 Å². The Bertz CT molecular complexity index is 440. The SMILES string of the molecule is CC(=O)OC1CC=C2C(C1)C1(C)CCN(C)C1N2C.Cl. The molecule has 1 aliphatic carbocycles. The zero-order valence-corrected chi connectivity index (χ0v) is 13.6. The van der Waals surface area contributed by atoms with Gasteiger partial charge < -0.3 is 9.64 Å². The Morgan fingerprint density at radius 3 is 2.80 bits per heavy atom. The van der Waals surface area contributed by atoms with Crippen LogP contribution in [0.2, 0.25) is 0 Å². The fourth-order valence-corrected chi connectivity index (χ4v) is 4.61. The smallest absolute Gasteiger partial charge is 0.302 e. The topological polar surface area (TPSA) is 32.8 Å². The first-order valence-corrected chi connectivity index (χ1v) is 7.24. The van der Waals surface area contributed by atoms with Crippen molar-refractivity contribution in [3.63, 3.8) is 0 Å². The van der Waals surface area contributed by atoms with Crippen LogP contribution in [-0.4, -0.2) is 48.7 Å². The number of ether oxygens (including phenoxy) is 1. The lowest BCUT2D eigenvalue weighted by Gasteiger charge is -2.34. The standard InChI is InChI=1S/C15H24N2O2.ClH/c1-10(18)19-11-5-6-13-12(9-11)15(2)7-8-16(3)14(15)17(13)4;/h6,11-12,14H,5,7-9H2,1-4H3;1H. The lowest BCUT2D eigenvalue weighted by molar-refractivity contribution is -0.147. The van der Waals surface area contributed by atoms with E-state index in [1.54, 1.807) is 0 Å². The number of esters is 1. The largest absolute Gasteiger partial charge is 0.462 e. The predicted molar refractivity (Wildman–Crippen MR) is 80.5 cm³/mol. The lowest BCUT2D eigenvalue weighted by atomic mass is 9.71. The highest BCUT2D eigenvalue weighted by atomic mass is 35.5. The fraction of sp³-hybridized carbons (Fsp3) is 0.800.